The second kappa shape index (κ2) is 5.08. The van der Waals surface area contributed by atoms with Gasteiger partial charge in [0.25, 0.3) is 0 Å². The van der Waals surface area contributed by atoms with Gasteiger partial charge in [0.2, 0.25) is 0 Å². The molecule has 2 N–H and O–H groups in total. The highest BCUT2D eigenvalue weighted by atomic mass is 15.1. The third kappa shape index (κ3) is 2.98. The fourth-order valence-corrected chi connectivity index (χ4v) is 2.31. The van der Waals surface area contributed by atoms with Crippen molar-refractivity contribution >= 4 is 5.69 Å². The lowest BCUT2D eigenvalue weighted by Gasteiger charge is -2.23. The van der Waals surface area contributed by atoms with Crippen LogP contribution in [0.3, 0.4) is 0 Å². The van der Waals surface area contributed by atoms with Crippen molar-refractivity contribution < 1.29 is 0 Å². The molecule has 0 aliphatic heterocycles. The van der Waals surface area contributed by atoms with Crippen molar-refractivity contribution in [1.82, 2.24) is 10.2 Å². The van der Waals surface area contributed by atoms with Gasteiger partial charge in [0.15, 0.2) is 0 Å². The molecule has 0 atom stereocenters. The van der Waals surface area contributed by atoms with E-state index in [-0.39, 0.29) is 5.41 Å². The third-order valence-corrected chi connectivity index (χ3v) is 3.47. The number of nitrogens with zero attached hydrogens (tertiary/aromatic N) is 1. The first-order valence-electron chi connectivity index (χ1n) is 6.73. The SMILES string of the molecule is Cc1n[nH]c(C)c1CNc1ccccc1C(C)(C)C. The Morgan fingerprint density at radius 3 is 2.42 bits per heavy atom. The van der Waals surface area contributed by atoms with Gasteiger partial charge in [0.05, 0.1) is 5.69 Å². The van der Waals surface area contributed by atoms with Gasteiger partial charge in [-0.2, -0.15) is 5.10 Å². The summed E-state index contributed by atoms with van der Waals surface area (Å²) in [7, 11) is 0. The molecule has 0 saturated carbocycles. The van der Waals surface area contributed by atoms with Gasteiger partial charge in [-0.1, -0.05) is 39.0 Å². The molecular formula is C16H23N3. The Morgan fingerprint density at radius 1 is 1.16 bits per heavy atom. The monoisotopic (exact) mass is 257 g/mol. The van der Waals surface area contributed by atoms with Crippen LogP contribution in [0.5, 0.6) is 0 Å². The van der Waals surface area contributed by atoms with Crippen LogP contribution >= 0.6 is 0 Å². The number of H-pyrrole nitrogens is 1. The van der Waals surface area contributed by atoms with E-state index in [4.69, 9.17) is 0 Å². The summed E-state index contributed by atoms with van der Waals surface area (Å²) in [6.07, 6.45) is 0. The minimum atomic E-state index is 0.143. The minimum absolute atomic E-state index is 0.143. The van der Waals surface area contributed by atoms with Crippen LogP contribution in [0.2, 0.25) is 0 Å². The molecule has 0 bridgehead atoms. The maximum Gasteiger partial charge on any atom is 0.0643 e. The summed E-state index contributed by atoms with van der Waals surface area (Å²) < 4.78 is 0. The first-order chi connectivity index (χ1) is 8.89. The molecule has 0 aliphatic rings. The Labute approximate surface area is 115 Å². The molecule has 0 aliphatic carbocycles. The predicted molar refractivity (Wildman–Crippen MR) is 80.5 cm³/mol. The normalized spacial score (nSPS) is 11.6. The van der Waals surface area contributed by atoms with Crippen molar-refractivity contribution in [3.8, 4) is 0 Å². The number of rotatable bonds is 3. The molecule has 0 saturated heterocycles. The summed E-state index contributed by atoms with van der Waals surface area (Å²) in [6, 6.07) is 8.51. The average molecular weight is 257 g/mol. The van der Waals surface area contributed by atoms with Crippen molar-refractivity contribution in [3.05, 3.63) is 46.8 Å². The van der Waals surface area contributed by atoms with E-state index >= 15 is 0 Å². The fourth-order valence-electron chi connectivity index (χ4n) is 2.31. The van der Waals surface area contributed by atoms with Crippen molar-refractivity contribution in [1.29, 1.82) is 0 Å². The van der Waals surface area contributed by atoms with E-state index < -0.39 is 0 Å². The largest absolute Gasteiger partial charge is 0.381 e. The summed E-state index contributed by atoms with van der Waals surface area (Å²) in [6.45, 7) is 11.6. The highest BCUT2D eigenvalue weighted by molar-refractivity contribution is 5.54. The summed E-state index contributed by atoms with van der Waals surface area (Å²) in [5.74, 6) is 0. The van der Waals surface area contributed by atoms with Crippen LogP contribution in [0.25, 0.3) is 0 Å². The van der Waals surface area contributed by atoms with Crippen LogP contribution in [0.4, 0.5) is 5.69 Å². The van der Waals surface area contributed by atoms with E-state index in [1.54, 1.807) is 0 Å². The molecule has 3 nitrogen and oxygen atoms in total. The topological polar surface area (TPSA) is 40.7 Å². The van der Waals surface area contributed by atoms with Crippen molar-refractivity contribution in [2.24, 2.45) is 0 Å². The van der Waals surface area contributed by atoms with E-state index in [9.17, 15) is 0 Å². The molecular weight excluding hydrogens is 234 g/mol. The number of nitrogens with one attached hydrogen (secondary N) is 2. The molecule has 19 heavy (non-hydrogen) atoms. The number of aromatic nitrogens is 2. The number of aryl methyl sites for hydroxylation is 2. The summed E-state index contributed by atoms with van der Waals surface area (Å²) >= 11 is 0. The molecule has 0 fully saturated rings. The quantitative estimate of drug-likeness (QED) is 0.874. The lowest BCUT2D eigenvalue weighted by Crippen LogP contribution is -2.15. The van der Waals surface area contributed by atoms with Gasteiger partial charge < -0.3 is 5.32 Å². The zero-order valence-corrected chi connectivity index (χ0v) is 12.5. The molecule has 3 heteroatoms. The number of para-hydroxylation sites is 1. The molecule has 0 amide bonds. The first-order valence-corrected chi connectivity index (χ1v) is 6.73. The average Bonchev–Trinajstić information content (AvgIpc) is 2.66. The molecule has 2 rings (SSSR count). The molecule has 2 aromatic rings. The molecule has 1 aromatic heterocycles. The first kappa shape index (κ1) is 13.7. The Morgan fingerprint density at radius 2 is 1.84 bits per heavy atom. The van der Waals surface area contributed by atoms with E-state index in [2.05, 4.69) is 67.5 Å². The van der Waals surface area contributed by atoms with E-state index in [0.29, 0.717) is 0 Å². The van der Waals surface area contributed by atoms with Crippen LogP contribution in [-0.4, -0.2) is 10.2 Å². The summed E-state index contributed by atoms with van der Waals surface area (Å²) in [4.78, 5) is 0. The Hall–Kier alpha value is -1.77. The third-order valence-electron chi connectivity index (χ3n) is 3.47. The van der Waals surface area contributed by atoms with Gasteiger partial charge in [-0.3, -0.25) is 5.10 Å². The number of hydrogen-bond acceptors (Lipinski definition) is 2. The van der Waals surface area contributed by atoms with Gasteiger partial charge in [0, 0.05) is 23.5 Å². The highest BCUT2D eigenvalue weighted by Gasteiger charge is 2.17. The van der Waals surface area contributed by atoms with Gasteiger partial charge in [-0.25, -0.2) is 0 Å². The highest BCUT2D eigenvalue weighted by Crippen LogP contribution is 2.29. The van der Waals surface area contributed by atoms with Crippen LogP contribution in [0.1, 0.15) is 43.3 Å². The minimum Gasteiger partial charge on any atom is -0.381 e. The van der Waals surface area contributed by atoms with Crippen LogP contribution in [-0.2, 0) is 12.0 Å². The Kier molecular flexibility index (Phi) is 3.65. The number of hydrogen-bond donors (Lipinski definition) is 2. The molecule has 0 radical (unpaired) electrons. The predicted octanol–water partition coefficient (Wildman–Crippen LogP) is 3.94. The van der Waals surface area contributed by atoms with Crippen LogP contribution in [0, 0.1) is 13.8 Å². The standard InChI is InChI=1S/C16H23N3/c1-11-13(12(2)19-18-11)10-17-15-9-7-6-8-14(15)16(3,4)5/h6-9,17H,10H2,1-5H3,(H,18,19). The molecule has 1 aromatic carbocycles. The lowest BCUT2D eigenvalue weighted by atomic mass is 9.86. The lowest BCUT2D eigenvalue weighted by molar-refractivity contribution is 0.591. The summed E-state index contributed by atoms with van der Waals surface area (Å²) in [5, 5.41) is 10.8. The molecule has 0 unspecified atom stereocenters. The molecule has 1 heterocycles. The van der Waals surface area contributed by atoms with Crippen LogP contribution < -0.4 is 5.32 Å². The fraction of sp³-hybridized carbons (Fsp3) is 0.438. The van der Waals surface area contributed by atoms with Gasteiger partial charge in [0.1, 0.15) is 0 Å². The summed E-state index contributed by atoms with van der Waals surface area (Å²) in [5.41, 5.74) is 6.15. The second-order valence-electron chi connectivity index (χ2n) is 6.06. The smallest absolute Gasteiger partial charge is 0.0643 e. The maximum atomic E-state index is 4.23. The maximum absolute atomic E-state index is 4.23. The molecule has 0 spiro atoms. The zero-order valence-electron chi connectivity index (χ0n) is 12.5. The Bertz CT molecular complexity index is 542. The van der Waals surface area contributed by atoms with Crippen molar-refractivity contribution in [2.75, 3.05) is 5.32 Å². The second-order valence-corrected chi connectivity index (χ2v) is 6.06. The van der Waals surface area contributed by atoms with E-state index in [1.807, 2.05) is 6.92 Å². The van der Waals surface area contributed by atoms with E-state index in [1.165, 1.54) is 16.8 Å². The Balaban J connectivity index is 2.21. The zero-order chi connectivity index (χ0) is 14.0. The van der Waals surface area contributed by atoms with E-state index in [0.717, 1.165) is 17.9 Å². The number of aromatic amines is 1. The van der Waals surface area contributed by atoms with Crippen LogP contribution in [0.15, 0.2) is 24.3 Å². The molecule has 102 valence electrons. The van der Waals surface area contributed by atoms with Crippen molar-refractivity contribution in [2.45, 2.75) is 46.6 Å². The van der Waals surface area contributed by atoms with Gasteiger partial charge >= 0.3 is 0 Å². The van der Waals surface area contributed by atoms with Gasteiger partial charge in [-0.15, -0.1) is 0 Å². The number of anilines is 1. The number of benzene rings is 1. The van der Waals surface area contributed by atoms with Crippen molar-refractivity contribution in [3.63, 3.8) is 0 Å². The van der Waals surface area contributed by atoms with Gasteiger partial charge in [-0.05, 0) is 30.9 Å².